The topological polar surface area (TPSA) is 83.8 Å². The van der Waals surface area contributed by atoms with Crippen LogP contribution in [0.3, 0.4) is 0 Å². The van der Waals surface area contributed by atoms with E-state index in [9.17, 15) is 14.4 Å². The highest BCUT2D eigenvalue weighted by atomic mass is 35.5. The zero-order valence-corrected chi connectivity index (χ0v) is 18.7. The van der Waals surface area contributed by atoms with Crippen molar-refractivity contribution < 1.29 is 4.79 Å². The lowest BCUT2D eigenvalue weighted by Crippen LogP contribution is -2.37. The summed E-state index contributed by atoms with van der Waals surface area (Å²) in [6, 6.07) is 9.80. The lowest BCUT2D eigenvalue weighted by molar-refractivity contribution is 0.0972. The molecule has 31 heavy (non-hydrogen) atoms. The Morgan fingerprint density at radius 1 is 1.06 bits per heavy atom. The molecule has 0 aliphatic carbocycles. The number of Topliss-reactive ketones (excluding diaryl/α,β-unsaturated/α-hetero) is 1. The molecule has 0 fully saturated rings. The van der Waals surface area contributed by atoms with Gasteiger partial charge in [-0.05, 0) is 50.1 Å². The maximum Gasteiger partial charge on any atom is 0.332 e. The number of hydrogen-bond donors (Lipinski definition) is 0. The van der Waals surface area contributed by atoms with Crippen molar-refractivity contribution in [2.24, 2.45) is 14.1 Å². The van der Waals surface area contributed by atoms with Gasteiger partial charge in [0.15, 0.2) is 16.9 Å². The lowest BCUT2D eigenvalue weighted by Gasteiger charge is -2.13. The van der Waals surface area contributed by atoms with Gasteiger partial charge >= 0.3 is 5.69 Å². The van der Waals surface area contributed by atoms with Crippen molar-refractivity contribution in [3.63, 3.8) is 0 Å². The predicted octanol–water partition coefficient (Wildman–Crippen LogP) is 2.69. The monoisotopic (exact) mass is 439 g/mol. The molecule has 0 saturated heterocycles. The van der Waals surface area contributed by atoms with Gasteiger partial charge in [-0.25, -0.2) is 4.79 Å². The van der Waals surface area contributed by atoms with E-state index in [1.807, 2.05) is 55.7 Å². The Bertz CT molecular complexity index is 1490. The zero-order chi connectivity index (χ0) is 22.6. The Balaban J connectivity index is 1.82. The summed E-state index contributed by atoms with van der Waals surface area (Å²) in [5.74, 6) is -0.204. The number of aryl methyl sites for hydroxylation is 3. The average molecular weight is 440 g/mol. The third kappa shape index (κ3) is 3.14. The van der Waals surface area contributed by atoms with Crippen LogP contribution in [0.4, 0.5) is 0 Å². The van der Waals surface area contributed by atoms with E-state index in [-0.39, 0.29) is 28.8 Å². The number of hydrogen-bond acceptors (Lipinski definition) is 4. The van der Waals surface area contributed by atoms with Crippen molar-refractivity contribution in [1.82, 2.24) is 23.3 Å². The number of ketones is 1. The van der Waals surface area contributed by atoms with Gasteiger partial charge in [0.25, 0.3) is 5.56 Å². The third-order valence-corrected chi connectivity index (χ3v) is 5.98. The van der Waals surface area contributed by atoms with E-state index in [0.29, 0.717) is 5.56 Å². The number of fused-ring (bicyclic) bond motifs is 1. The fourth-order valence-corrected chi connectivity index (χ4v) is 4.25. The van der Waals surface area contributed by atoms with Crippen molar-refractivity contribution >= 4 is 28.5 Å². The molecule has 0 radical (unpaired) electrons. The Kier molecular flexibility index (Phi) is 4.97. The van der Waals surface area contributed by atoms with E-state index in [1.54, 1.807) is 0 Å². The Morgan fingerprint density at radius 2 is 1.74 bits per heavy atom. The summed E-state index contributed by atoms with van der Waals surface area (Å²) in [6.07, 6.45) is 0. The molecule has 4 rings (SSSR count). The summed E-state index contributed by atoms with van der Waals surface area (Å²) in [5.41, 5.74) is 3.59. The first-order chi connectivity index (χ1) is 14.6. The van der Waals surface area contributed by atoms with E-state index < -0.39 is 11.2 Å². The Hall–Kier alpha value is -3.39. The molecule has 0 unspecified atom stereocenters. The molecule has 0 aliphatic rings. The van der Waals surface area contributed by atoms with Crippen molar-refractivity contribution in [1.29, 1.82) is 0 Å². The van der Waals surface area contributed by atoms with Crippen LogP contribution in [0.5, 0.6) is 0 Å². The second-order valence-corrected chi connectivity index (χ2v) is 8.01. The molecule has 0 bridgehead atoms. The molecule has 8 nitrogen and oxygen atoms in total. The van der Waals surface area contributed by atoms with Gasteiger partial charge in [-0.15, -0.1) is 0 Å². The number of para-hydroxylation sites is 1. The predicted molar refractivity (Wildman–Crippen MR) is 120 cm³/mol. The van der Waals surface area contributed by atoms with Crippen molar-refractivity contribution in [3.8, 4) is 5.69 Å². The minimum absolute atomic E-state index is 0.0191. The quantitative estimate of drug-likeness (QED) is 0.361. The number of carbonyl (C=O) groups is 1. The summed E-state index contributed by atoms with van der Waals surface area (Å²) in [4.78, 5) is 42.3. The fourth-order valence-electron chi connectivity index (χ4n) is 4.02. The normalized spacial score (nSPS) is 11.4. The van der Waals surface area contributed by atoms with Gasteiger partial charge in [0.2, 0.25) is 5.28 Å². The van der Waals surface area contributed by atoms with Crippen LogP contribution in [-0.4, -0.2) is 29.0 Å². The molecule has 0 atom stereocenters. The van der Waals surface area contributed by atoms with E-state index in [0.717, 1.165) is 27.2 Å². The van der Waals surface area contributed by atoms with Crippen LogP contribution in [-0.2, 0) is 20.6 Å². The first-order valence-corrected chi connectivity index (χ1v) is 10.1. The highest BCUT2D eigenvalue weighted by Gasteiger charge is 2.23. The largest absolute Gasteiger partial charge is 0.332 e. The second kappa shape index (κ2) is 7.39. The Labute approximate surface area is 182 Å². The third-order valence-electron chi connectivity index (χ3n) is 5.69. The maximum atomic E-state index is 13.3. The van der Waals surface area contributed by atoms with Gasteiger partial charge in [-0.1, -0.05) is 18.2 Å². The van der Waals surface area contributed by atoms with E-state index in [4.69, 9.17) is 11.6 Å². The standard InChI is InChI=1S/C22H22ClN5O3/c1-12-8-6-7-9-16(12)28-13(2)10-15(14(28)3)17(29)11-27-18-19(24-21(27)23)25(4)22(31)26(5)20(18)30/h6-10H,11H2,1-5H3. The molecule has 3 heterocycles. The highest BCUT2D eigenvalue weighted by molar-refractivity contribution is 6.29. The summed E-state index contributed by atoms with van der Waals surface area (Å²) in [6.45, 7) is 5.69. The minimum atomic E-state index is -0.546. The molecule has 4 aromatic rings. The maximum absolute atomic E-state index is 13.3. The van der Waals surface area contributed by atoms with Gasteiger partial charge in [-0.3, -0.25) is 18.7 Å². The number of benzene rings is 1. The SMILES string of the molecule is Cc1ccccc1-n1c(C)cc(C(=O)Cn2c(Cl)nc3c2c(=O)n(C)c(=O)n3C)c1C. The molecule has 0 spiro atoms. The molecule has 0 N–H and O–H groups in total. The van der Waals surface area contributed by atoms with Gasteiger partial charge in [0.05, 0.1) is 6.54 Å². The first-order valence-electron chi connectivity index (χ1n) is 9.73. The van der Waals surface area contributed by atoms with Crippen molar-refractivity contribution in [2.75, 3.05) is 0 Å². The zero-order valence-electron chi connectivity index (χ0n) is 17.9. The van der Waals surface area contributed by atoms with E-state index >= 15 is 0 Å². The number of aromatic nitrogens is 5. The number of nitrogens with zero attached hydrogens (tertiary/aromatic N) is 5. The molecule has 0 aliphatic heterocycles. The minimum Gasteiger partial charge on any atom is -0.317 e. The molecule has 3 aromatic heterocycles. The summed E-state index contributed by atoms with van der Waals surface area (Å²) < 4.78 is 5.62. The number of rotatable bonds is 4. The fraction of sp³-hybridized carbons (Fsp3) is 0.273. The van der Waals surface area contributed by atoms with Gasteiger partial charge in [0.1, 0.15) is 0 Å². The highest BCUT2D eigenvalue weighted by Crippen LogP contribution is 2.25. The van der Waals surface area contributed by atoms with E-state index in [2.05, 4.69) is 4.98 Å². The Morgan fingerprint density at radius 3 is 2.42 bits per heavy atom. The van der Waals surface area contributed by atoms with Crippen molar-refractivity contribution in [2.45, 2.75) is 27.3 Å². The molecular formula is C22H22ClN5O3. The number of halogens is 1. The molecule has 0 saturated carbocycles. The lowest BCUT2D eigenvalue weighted by atomic mass is 10.1. The number of carbonyl (C=O) groups excluding carboxylic acids is 1. The molecular weight excluding hydrogens is 418 g/mol. The van der Waals surface area contributed by atoms with Crippen LogP contribution in [0.15, 0.2) is 39.9 Å². The number of imidazole rings is 1. The van der Waals surface area contributed by atoms with Crippen LogP contribution in [0, 0.1) is 20.8 Å². The summed E-state index contributed by atoms with van der Waals surface area (Å²) in [7, 11) is 2.89. The van der Waals surface area contributed by atoms with Crippen molar-refractivity contribution in [3.05, 3.63) is 79.0 Å². The van der Waals surface area contributed by atoms with Crippen LogP contribution in [0.2, 0.25) is 5.28 Å². The van der Waals surface area contributed by atoms with Crippen LogP contribution >= 0.6 is 11.6 Å². The summed E-state index contributed by atoms with van der Waals surface area (Å²) in [5, 5.41) is -0.0191. The molecule has 1 aromatic carbocycles. The molecule has 160 valence electrons. The smallest absolute Gasteiger partial charge is 0.317 e. The average Bonchev–Trinajstić information content (AvgIpc) is 3.21. The second-order valence-electron chi connectivity index (χ2n) is 7.67. The molecule has 0 amide bonds. The van der Waals surface area contributed by atoms with E-state index in [1.165, 1.54) is 23.2 Å². The van der Waals surface area contributed by atoms with Crippen LogP contribution < -0.4 is 11.2 Å². The van der Waals surface area contributed by atoms with Crippen LogP contribution in [0.1, 0.15) is 27.3 Å². The summed E-state index contributed by atoms with van der Waals surface area (Å²) >= 11 is 6.27. The van der Waals surface area contributed by atoms with Gasteiger partial charge < -0.3 is 9.13 Å². The van der Waals surface area contributed by atoms with Crippen LogP contribution in [0.25, 0.3) is 16.9 Å². The van der Waals surface area contributed by atoms with Gasteiger partial charge in [0, 0.05) is 36.7 Å². The first kappa shape index (κ1) is 20.9. The molecule has 9 heteroatoms. The van der Waals surface area contributed by atoms with Gasteiger partial charge in [-0.2, -0.15) is 4.98 Å².